The topological polar surface area (TPSA) is 20.2 Å². The maximum atomic E-state index is 8.45. The molecule has 1 aromatic heterocycles. The van der Waals surface area contributed by atoms with Crippen molar-refractivity contribution in [3.63, 3.8) is 0 Å². The molecule has 1 heterocycles. The van der Waals surface area contributed by atoms with Crippen LogP contribution in [-0.2, 0) is 0 Å². The van der Waals surface area contributed by atoms with Gasteiger partial charge in [-0.1, -0.05) is 11.8 Å². The molecular formula is C9H10OS. The number of aliphatic hydroxyl groups excluding tert-OH is 1. The van der Waals surface area contributed by atoms with Crippen molar-refractivity contribution in [2.45, 2.75) is 13.3 Å². The lowest BCUT2D eigenvalue weighted by atomic mass is 10.4. The van der Waals surface area contributed by atoms with E-state index >= 15 is 0 Å². The minimum Gasteiger partial charge on any atom is -0.395 e. The molecule has 1 aromatic rings. The number of hydrogen-bond acceptors (Lipinski definition) is 2. The van der Waals surface area contributed by atoms with E-state index in [1.807, 2.05) is 12.1 Å². The van der Waals surface area contributed by atoms with Gasteiger partial charge in [0.2, 0.25) is 0 Å². The number of aliphatic hydroxyl groups is 1. The summed E-state index contributed by atoms with van der Waals surface area (Å²) in [6.07, 6.45) is 0.566. The van der Waals surface area contributed by atoms with Crippen molar-refractivity contribution in [3.8, 4) is 11.8 Å². The van der Waals surface area contributed by atoms with E-state index in [0.29, 0.717) is 6.42 Å². The highest BCUT2D eigenvalue weighted by Gasteiger charge is 1.89. The van der Waals surface area contributed by atoms with E-state index in [4.69, 9.17) is 5.11 Å². The summed E-state index contributed by atoms with van der Waals surface area (Å²) in [5.41, 5.74) is 0. The van der Waals surface area contributed by atoms with E-state index < -0.39 is 0 Å². The van der Waals surface area contributed by atoms with E-state index in [0.717, 1.165) is 4.88 Å². The van der Waals surface area contributed by atoms with E-state index in [1.165, 1.54) is 4.88 Å². The molecule has 0 bridgehead atoms. The SMILES string of the molecule is Cc1ccc(C#CCCO)s1. The van der Waals surface area contributed by atoms with Crippen LogP contribution >= 0.6 is 11.3 Å². The molecule has 0 unspecified atom stereocenters. The minimum absolute atomic E-state index is 0.150. The molecule has 0 saturated heterocycles. The van der Waals surface area contributed by atoms with Crippen LogP contribution in [0.25, 0.3) is 0 Å². The first-order valence-corrected chi connectivity index (χ1v) is 4.31. The predicted octanol–water partition coefficient (Wildman–Crippen LogP) is 1.79. The number of rotatable bonds is 1. The van der Waals surface area contributed by atoms with Crippen LogP contribution < -0.4 is 0 Å². The third kappa shape index (κ3) is 2.75. The largest absolute Gasteiger partial charge is 0.395 e. The molecule has 1 rings (SSSR count). The van der Waals surface area contributed by atoms with E-state index in [9.17, 15) is 0 Å². The Morgan fingerprint density at radius 3 is 2.91 bits per heavy atom. The van der Waals surface area contributed by atoms with Gasteiger partial charge in [-0.2, -0.15) is 0 Å². The zero-order chi connectivity index (χ0) is 8.10. The van der Waals surface area contributed by atoms with Gasteiger partial charge in [-0.25, -0.2) is 0 Å². The molecule has 0 aliphatic heterocycles. The van der Waals surface area contributed by atoms with Crippen LogP contribution in [0.15, 0.2) is 12.1 Å². The van der Waals surface area contributed by atoms with E-state index in [1.54, 1.807) is 11.3 Å². The third-order valence-electron chi connectivity index (χ3n) is 1.19. The summed E-state index contributed by atoms with van der Waals surface area (Å²) in [6, 6.07) is 4.05. The smallest absolute Gasteiger partial charge is 0.0771 e. The highest BCUT2D eigenvalue weighted by atomic mass is 32.1. The predicted molar refractivity (Wildman–Crippen MR) is 47.6 cm³/mol. The first-order valence-electron chi connectivity index (χ1n) is 3.49. The molecule has 0 spiro atoms. The summed E-state index contributed by atoms with van der Waals surface area (Å²) in [6.45, 7) is 2.21. The Balaban J connectivity index is 2.59. The van der Waals surface area contributed by atoms with Gasteiger partial charge in [-0.05, 0) is 19.1 Å². The molecule has 1 N–H and O–H groups in total. The van der Waals surface area contributed by atoms with Crippen LogP contribution in [0.1, 0.15) is 16.2 Å². The second-order valence-corrected chi connectivity index (χ2v) is 3.47. The zero-order valence-electron chi connectivity index (χ0n) is 6.42. The van der Waals surface area contributed by atoms with Gasteiger partial charge in [0.05, 0.1) is 11.5 Å². The standard InChI is InChI=1S/C9H10OS/c1-8-5-6-9(11-8)4-2-3-7-10/h5-6,10H,3,7H2,1H3. The molecule has 0 aromatic carbocycles. The molecular weight excluding hydrogens is 156 g/mol. The fraction of sp³-hybridized carbons (Fsp3) is 0.333. The van der Waals surface area contributed by atoms with Crippen molar-refractivity contribution in [2.24, 2.45) is 0 Å². The molecule has 11 heavy (non-hydrogen) atoms. The van der Waals surface area contributed by atoms with Gasteiger partial charge >= 0.3 is 0 Å². The quantitative estimate of drug-likeness (QED) is 0.631. The molecule has 0 saturated carbocycles. The molecule has 0 amide bonds. The summed E-state index contributed by atoms with van der Waals surface area (Å²) in [5.74, 6) is 5.85. The summed E-state index contributed by atoms with van der Waals surface area (Å²) < 4.78 is 0. The van der Waals surface area contributed by atoms with Crippen LogP contribution in [0, 0.1) is 18.8 Å². The van der Waals surface area contributed by atoms with Gasteiger partial charge in [-0.3, -0.25) is 0 Å². The Morgan fingerprint density at radius 2 is 2.36 bits per heavy atom. The van der Waals surface area contributed by atoms with Crippen molar-refractivity contribution in [1.29, 1.82) is 0 Å². The zero-order valence-corrected chi connectivity index (χ0v) is 7.24. The van der Waals surface area contributed by atoms with Gasteiger partial charge in [0.1, 0.15) is 0 Å². The summed E-state index contributed by atoms with van der Waals surface area (Å²) in [4.78, 5) is 2.36. The highest BCUT2D eigenvalue weighted by Crippen LogP contribution is 2.12. The molecule has 0 radical (unpaired) electrons. The van der Waals surface area contributed by atoms with Crippen molar-refractivity contribution >= 4 is 11.3 Å². The molecule has 2 heteroatoms. The van der Waals surface area contributed by atoms with Crippen LogP contribution in [0.3, 0.4) is 0 Å². The Labute approximate surface area is 70.7 Å². The monoisotopic (exact) mass is 166 g/mol. The lowest BCUT2D eigenvalue weighted by Crippen LogP contribution is -1.75. The first kappa shape index (κ1) is 8.32. The fourth-order valence-electron chi connectivity index (χ4n) is 0.707. The highest BCUT2D eigenvalue weighted by molar-refractivity contribution is 7.12. The lowest BCUT2D eigenvalue weighted by molar-refractivity contribution is 0.305. The first-order chi connectivity index (χ1) is 5.33. The second kappa shape index (κ2) is 4.17. The molecule has 1 nitrogen and oxygen atoms in total. The molecule has 58 valence electrons. The van der Waals surface area contributed by atoms with Crippen LogP contribution in [-0.4, -0.2) is 11.7 Å². The Hall–Kier alpha value is -0.780. The fourth-order valence-corrected chi connectivity index (χ4v) is 1.45. The summed E-state index contributed by atoms with van der Waals surface area (Å²) in [5, 5.41) is 8.45. The molecule has 0 aliphatic rings. The van der Waals surface area contributed by atoms with Gasteiger partial charge < -0.3 is 5.11 Å². The average Bonchev–Trinajstić information content (AvgIpc) is 2.37. The molecule has 0 fully saturated rings. The second-order valence-electron chi connectivity index (χ2n) is 2.19. The van der Waals surface area contributed by atoms with Crippen LogP contribution in [0.5, 0.6) is 0 Å². The Bertz CT molecular complexity index is 277. The number of thiophene rings is 1. The van der Waals surface area contributed by atoms with Crippen molar-refractivity contribution in [3.05, 3.63) is 21.9 Å². The van der Waals surface area contributed by atoms with Gasteiger partial charge in [0, 0.05) is 11.3 Å². The lowest BCUT2D eigenvalue weighted by Gasteiger charge is -1.78. The van der Waals surface area contributed by atoms with E-state index in [-0.39, 0.29) is 6.61 Å². The minimum atomic E-state index is 0.150. The Kier molecular flexibility index (Phi) is 3.15. The van der Waals surface area contributed by atoms with Crippen molar-refractivity contribution in [1.82, 2.24) is 0 Å². The van der Waals surface area contributed by atoms with E-state index in [2.05, 4.69) is 18.8 Å². The van der Waals surface area contributed by atoms with Crippen LogP contribution in [0.4, 0.5) is 0 Å². The Morgan fingerprint density at radius 1 is 1.55 bits per heavy atom. The van der Waals surface area contributed by atoms with Crippen molar-refractivity contribution < 1.29 is 5.11 Å². The molecule has 0 aliphatic carbocycles. The number of aryl methyl sites for hydroxylation is 1. The van der Waals surface area contributed by atoms with Crippen LogP contribution in [0.2, 0.25) is 0 Å². The van der Waals surface area contributed by atoms with Gasteiger partial charge in [-0.15, -0.1) is 11.3 Å². The van der Waals surface area contributed by atoms with Crippen molar-refractivity contribution in [2.75, 3.05) is 6.61 Å². The maximum Gasteiger partial charge on any atom is 0.0771 e. The normalized spacial score (nSPS) is 8.91. The maximum absolute atomic E-state index is 8.45. The number of hydrogen-bond donors (Lipinski definition) is 1. The summed E-state index contributed by atoms with van der Waals surface area (Å²) in [7, 11) is 0. The average molecular weight is 166 g/mol. The van der Waals surface area contributed by atoms with Gasteiger partial charge in [0.25, 0.3) is 0 Å². The van der Waals surface area contributed by atoms with Gasteiger partial charge in [0.15, 0.2) is 0 Å². The summed E-state index contributed by atoms with van der Waals surface area (Å²) >= 11 is 1.68. The molecule has 0 atom stereocenters. The third-order valence-corrected chi connectivity index (χ3v) is 2.10.